The summed E-state index contributed by atoms with van der Waals surface area (Å²) in [7, 11) is -0.817. The number of halogens is 2. The van der Waals surface area contributed by atoms with E-state index in [2.05, 4.69) is 15.9 Å². The summed E-state index contributed by atoms with van der Waals surface area (Å²) < 4.78 is 34.0. The van der Waals surface area contributed by atoms with Crippen molar-refractivity contribution in [2.24, 2.45) is 0 Å². The molecule has 3 aromatic rings. The predicted molar refractivity (Wildman–Crippen MR) is 130 cm³/mol. The van der Waals surface area contributed by atoms with Crippen LogP contribution in [-0.2, 0) is 21.4 Å². The van der Waals surface area contributed by atoms with E-state index in [1.807, 2.05) is 24.3 Å². The Labute approximate surface area is 201 Å². The third-order valence-corrected chi connectivity index (χ3v) is 7.44. The first-order chi connectivity index (χ1) is 15.2. The molecule has 168 valence electrons. The lowest BCUT2D eigenvalue weighted by atomic mass is 10.2. The number of sulfonamides is 1. The van der Waals surface area contributed by atoms with Gasteiger partial charge in [0.1, 0.15) is 5.75 Å². The summed E-state index contributed by atoms with van der Waals surface area (Å²) in [4.78, 5) is 14.6. The van der Waals surface area contributed by atoms with Gasteiger partial charge in [-0.15, -0.1) is 0 Å². The highest BCUT2D eigenvalue weighted by atomic mass is 79.9. The third-order valence-electron chi connectivity index (χ3n) is 4.85. The Morgan fingerprint density at radius 3 is 2.31 bits per heavy atom. The van der Waals surface area contributed by atoms with Gasteiger partial charge in [0.15, 0.2) is 0 Å². The van der Waals surface area contributed by atoms with Crippen LogP contribution < -0.4 is 9.64 Å². The van der Waals surface area contributed by atoms with Gasteiger partial charge in [-0.25, -0.2) is 8.42 Å². The molecule has 0 unspecified atom stereocenters. The molecule has 0 aliphatic carbocycles. The molecule has 3 aromatic carbocycles. The molecule has 1 amide bonds. The Morgan fingerprint density at radius 2 is 1.69 bits per heavy atom. The topological polar surface area (TPSA) is 66.9 Å². The Hall–Kier alpha value is -2.39. The lowest BCUT2D eigenvalue weighted by Crippen LogP contribution is -2.41. The van der Waals surface area contributed by atoms with Crippen LogP contribution in [0.25, 0.3) is 0 Å². The fraction of sp³-hybridized carbons (Fsp3) is 0.174. The highest BCUT2D eigenvalue weighted by Gasteiger charge is 2.28. The molecule has 0 aromatic heterocycles. The number of carbonyl (C=O) groups is 1. The van der Waals surface area contributed by atoms with E-state index in [-0.39, 0.29) is 23.9 Å². The number of ether oxygens (including phenoxy) is 1. The Morgan fingerprint density at radius 1 is 1.03 bits per heavy atom. The second-order valence-electron chi connectivity index (χ2n) is 7.01. The van der Waals surface area contributed by atoms with Crippen molar-refractivity contribution in [1.29, 1.82) is 0 Å². The maximum Gasteiger partial charge on any atom is 0.243 e. The predicted octanol–water partition coefficient (Wildman–Crippen LogP) is 4.97. The van der Waals surface area contributed by atoms with Crippen LogP contribution in [-0.4, -0.2) is 39.3 Å². The molecule has 0 bridgehead atoms. The summed E-state index contributed by atoms with van der Waals surface area (Å²) in [5.74, 6) is 0.218. The molecule has 0 aliphatic rings. The Balaban J connectivity index is 1.91. The number of anilines is 1. The second-order valence-corrected chi connectivity index (χ2v) is 10.3. The van der Waals surface area contributed by atoms with Gasteiger partial charge in [0.25, 0.3) is 0 Å². The monoisotopic (exact) mass is 536 g/mol. The molecule has 0 heterocycles. The number of benzene rings is 3. The first kappa shape index (κ1) is 24.3. The summed E-state index contributed by atoms with van der Waals surface area (Å²) in [5, 5.41) is 0.428. The second kappa shape index (κ2) is 10.5. The van der Waals surface area contributed by atoms with Crippen molar-refractivity contribution in [1.82, 2.24) is 4.31 Å². The van der Waals surface area contributed by atoms with Gasteiger partial charge in [0.2, 0.25) is 15.9 Å². The van der Waals surface area contributed by atoms with Crippen molar-refractivity contribution in [3.05, 3.63) is 87.9 Å². The highest BCUT2D eigenvalue weighted by Crippen LogP contribution is 2.24. The van der Waals surface area contributed by atoms with E-state index in [4.69, 9.17) is 16.3 Å². The molecule has 0 radical (unpaired) electrons. The molecule has 3 rings (SSSR count). The van der Waals surface area contributed by atoms with Crippen molar-refractivity contribution in [2.75, 3.05) is 25.6 Å². The average molecular weight is 538 g/mol. The van der Waals surface area contributed by atoms with Gasteiger partial charge >= 0.3 is 0 Å². The molecule has 0 N–H and O–H groups in total. The van der Waals surface area contributed by atoms with Crippen LogP contribution in [0.5, 0.6) is 5.75 Å². The van der Waals surface area contributed by atoms with E-state index in [0.717, 1.165) is 10.0 Å². The zero-order valence-corrected chi connectivity index (χ0v) is 20.7. The van der Waals surface area contributed by atoms with E-state index in [1.54, 1.807) is 38.4 Å². The van der Waals surface area contributed by atoms with Gasteiger partial charge in [-0.3, -0.25) is 4.79 Å². The zero-order valence-electron chi connectivity index (χ0n) is 17.5. The van der Waals surface area contributed by atoms with Gasteiger partial charge in [-0.05, 0) is 54.1 Å². The minimum absolute atomic E-state index is 0.0376. The number of nitrogens with zero attached hydrogens (tertiary/aromatic N) is 2. The van der Waals surface area contributed by atoms with Crippen LogP contribution in [0, 0.1) is 0 Å². The SMILES string of the molecule is COc1cccc(N(C)C(=O)CN(Cc2ccc(Br)cc2)S(=O)(=O)c2ccc(Cl)cc2)c1. The first-order valence-electron chi connectivity index (χ1n) is 9.61. The first-order valence-corrected chi connectivity index (χ1v) is 12.2. The van der Waals surface area contributed by atoms with E-state index in [9.17, 15) is 13.2 Å². The van der Waals surface area contributed by atoms with Crippen LogP contribution in [0.1, 0.15) is 5.56 Å². The molecule has 0 spiro atoms. The van der Waals surface area contributed by atoms with Gasteiger partial charge < -0.3 is 9.64 Å². The number of amides is 1. The van der Waals surface area contributed by atoms with E-state index < -0.39 is 10.0 Å². The van der Waals surface area contributed by atoms with E-state index in [0.29, 0.717) is 16.5 Å². The summed E-state index contributed by atoms with van der Waals surface area (Å²) in [5.41, 5.74) is 1.35. The van der Waals surface area contributed by atoms with Gasteiger partial charge in [0, 0.05) is 34.8 Å². The molecule has 32 heavy (non-hydrogen) atoms. The fourth-order valence-corrected chi connectivity index (χ4v) is 4.76. The molecular weight excluding hydrogens is 516 g/mol. The maximum absolute atomic E-state index is 13.4. The van der Waals surface area contributed by atoms with Crippen molar-refractivity contribution < 1.29 is 17.9 Å². The van der Waals surface area contributed by atoms with Crippen LogP contribution in [0.4, 0.5) is 5.69 Å². The summed E-state index contributed by atoms with van der Waals surface area (Å²) in [6.07, 6.45) is 0. The van der Waals surface area contributed by atoms with E-state index in [1.165, 1.54) is 33.5 Å². The van der Waals surface area contributed by atoms with Crippen molar-refractivity contribution in [3.63, 3.8) is 0 Å². The van der Waals surface area contributed by atoms with Crippen molar-refractivity contribution >= 4 is 49.1 Å². The molecule has 0 saturated carbocycles. The largest absolute Gasteiger partial charge is 0.497 e. The molecular formula is C23H22BrClN2O4S. The summed E-state index contributed by atoms with van der Waals surface area (Å²) in [6, 6.07) is 20.2. The summed E-state index contributed by atoms with van der Waals surface area (Å²) >= 11 is 9.30. The van der Waals surface area contributed by atoms with E-state index >= 15 is 0 Å². The Bertz CT molecular complexity index is 1190. The molecule has 0 aliphatic heterocycles. The maximum atomic E-state index is 13.4. The number of likely N-dealkylation sites (N-methyl/N-ethyl adjacent to an activating group) is 1. The molecule has 0 atom stereocenters. The smallest absolute Gasteiger partial charge is 0.243 e. The fourth-order valence-electron chi connectivity index (χ4n) is 2.99. The van der Waals surface area contributed by atoms with Gasteiger partial charge in [-0.2, -0.15) is 4.31 Å². The van der Waals surface area contributed by atoms with Gasteiger partial charge in [-0.1, -0.05) is 45.7 Å². The van der Waals surface area contributed by atoms with Crippen LogP contribution in [0.3, 0.4) is 0 Å². The van der Waals surface area contributed by atoms with Crippen LogP contribution >= 0.6 is 27.5 Å². The molecule has 6 nitrogen and oxygen atoms in total. The van der Waals surface area contributed by atoms with Crippen molar-refractivity contribution in [2.45, 2.75) is 11.4 Å². The Kier molecular flexibility index (Phi) is 7.95. The number of hydrogen-bond donors (Lipinski definition) is 0. The third kappa shape index (κ3) is 5.89. The molecule has 0 fully saturated rings. The lowest BCUT2D eigenvalue weighted by molar-refractivity contribution is -0.118. The van der Waals surface area contributed by atoms with Crippen LogP contribution in [0.2, 0.25) is 5.02 Å². The standard InChI is InChI=1S/C23H22BrClN2O4S/c1-26(20-4-3-5-21(14-20)31-2)23(28)16-27(15-17-6-8-18(24)9-7-17)32(29,30)22-12-10-19(25)11-13-22/h3-14H,15-16H2,1-2H3. The molecule has 9 heteroatoms. The lowest BCUT2D eigenvalue weighted by Gasteiger charge is -2.25. The highest BCUT2D eigenvalue weighted by molar-refractivity contribution is 9.10. The zero-order chi connectivity index (χ0) is 23.3. The quantitative estimate of drug-likeness (QED) is 0.407. The minimum Gasteiger partial charge on any atom is -0.497 e. The number of hydrogen-bond acceptors (Lipinski definition) is 4. The summed E-state index contributed by atoms with van der Waals surface area (Å²) in [6.45, 7) is -0.301. The number of methoxy groups -OCH3 is 1. The number of rotatable bonds is 8. The van der Waals surface area contributed by atoms with Crippen molar-refractivity contribution in [3.8, 4) is 5.75 Å². The average Bonchev–Trinajstić information content (AvgIpc) is 2.79. The van der Waals surface area contributed by atoms with Gasteiger partial charge in [0.05, 0.1) is 18.6 Å². The minimum atomic E-state index is -3.96. The number of carbonyl (C=O) groups excluding carboxylic acids is 1. The van der Waals surface area contributed by atoms with Crippen LogP contribution in [0.15, 0.2) is 82.2 Å². The molecule has 0 saturated heterocycles. The normalized spacial score (nSPS) is 11.4.